The summed E-state index contributed by atoms with van der Waals surface area (Å²) in [4.78, 5) is 16.6. The van der Waals surface area contributed by atoms with Crippen molar-refractivity contribution in [3.8, 4) is 0 Å². The van der Waals surface area contributed by atoms with Crippen molar-refractivity contribution in [1.82, 2.24) is 15.4 Å². The van der Waals surface area contributed by atoms with Crippen molar-refractivity contribution in [1.29, 1.82) is 0 Å². The standard InChI is InChI=1S/C24H28F3N3O.C9H13NO.C2H6/c1-16(29(2)11-9-17-8-10-28-14-17)18-12-20-21(22(13-18)24(25,26)27)15-30(23(20)31)19-6-4-3-5-7-19;1-7-6-11-10-9(7)5-8-3-2-4-8;1-2/h3-7,12-13,16-17,28H,8-11,14-15H2,1-2H3;6,8H,2-5H2,1H3;1-2H3. The maximum Gasteiger partial charge on any atom is 0.416 e. The van der Waals surface area contributed by atoms with E-state index in [9.17, 15) is 18.0 Å². The molecule has 0 bridgehead atoms. The molecular weight excluding hydrogens is 565 g/mol. The van der Waals surface area contributed by atoms with Crippen LogP contribution in [0.15, 0.2) is 53.3 Å². The van der Waals surface area contributed by atoms with E-state index in [1.807, 2.05) is 33.9 Å². The third-order valence-corrected chi connectivity index (χ3v) is 9.19. The summed E-state index contributed by atoms with van der Waals surface area (Å²) in [5, 5.41) is 7.31. The lowest BCUT2D eigenvalue weighted by molar-refractivity contribution is -0.138. The molecule has 1 aromatic heterocycles. The Labute approximate surface area is 260 Å². The van der Waals surface area contributed by atoms with Crippen molar-refractivity contribution in [3.63, 3.8) is 0 Å². The van der Waals surface area contributed by atoms with Crippen LogP contribution in [0.2, 0.25) is 0 Å². The highest BCUT2D eigenvalue weighted by molar-refractivity contribution is 6.10. The molecule has 1 N–H and O–H groups in total. The number of amides is 1. The van der Waals surface area contributed by atoms with Crippen LogP contribution in [0.4, 0.5) is 18.9 Å². The van der Waals surface area contributed by atoms with Gasteiger partial charge in [0, 0.05) is 22.9 Å². The fourth-order valence-electron chi connectivity index (χ4n) is 6.01. The third-order valence-electron chi connectivity index (χ3n) is 9.19. The molecule has 3 aliphatic rings. The molecule has 6 nitrogen and oxygen atoms in total. The summed E-state index contributed by atoms with van der Waals surface area (Å²) >= 11 is 0. The van der Waals surface area contributed by atoms with Gasteiger partial charge in [0.05, 0.1) is 17.8 Å². The minimum absolute atomic E-state index is 0.0633. The number of nitrogens with zero attached hydrogens (tertiary/aromatic N) is 3. The van der Waals surface area contributed by atoms with Gasteiger partial charge in [0.2, 0.25) is 0 Å². The number of halogens is 3. The number of nitrogens with one attached hydrogen (secondary N) is 1. The average Bonchev–Trinajstić information content (AvgIpc) is 3.75. The maximum absolute atomic E-state index is 13.9. The largest absolute Gasteiger partial charge is 0.416 e. The van der Waals surface area contributed by atoms with Gasteiger partial charge in [-0.05, 0) is 107 Å². The molecule has 1 aliphatic carbocycles. The maximum atomic E-state index is 13.9. The van der Waals surface area contributed by atoms with Crippen molar-refractivity contribution >= 4 is 11.6 Å². The molecule has 1 saturated carbocycles. The number of aromatic nitrogens is 1. The molecule has 2 unspecified atom stereocenters. The van der Waals surface area contributed by atoms with Crippen molar-refractivity contribution in [2.45, 2.75) is 85.0 Å². The molecule has 3 aromatic rings. The average molecular weight is 613 g/mol. The summed E-state index contributed by atoms with van der Waals surface area (Å²) in [6, 6.07) is 11.5. The quantitative estimate of drug-likeness (QED) is 0.278. The Morgan fingerprint density at radius 1 is 1.11 bits per heavy atom. The van der Waals surface area contributed by atoms with Crippen LogP contribution < -0.4 is 10.2 Å². The predicted molar refractivity (Wildman–Crippen MR) is 169 cm³/mol. The molecule has 44 heavy (non-hydrogen) atoms. The molecule has 0 spiro atoms. The number of carbonyl (C=O) groups is 1. The van der Waals surface area contributed by atoms with Crippen molar-refractivity contribution < 1.29 is 22.5 Å². The fourth-order valence-corrected chi connectivity index (χ4v) is 6.01. The fraction of sp³-hybridized carbons (Fsp3) is 0.543. The second-order valence-electron chi connectivity index (χ2n) is 12.1. The zero-order valence-corrected chi connectivity index (χ0v) is 26.7. The highest BCUT2D eigenvalue weighted by Crippen LogP contribution is 2.41. The van der Waals surface area contributed by atoms with Crippen LogP contribution in [0.5, 0.6) is 0 Å². The van der Waals surface area contributed by atoms with Crippen LogP contribution in [0.25, 0.3) is 0 Å². The summed E-state index contributed by atoms with van der Waals surface area (Å²) < 4.78 is 46.7. The second kappa shape index (κ2) is 15.2. The van der Waals surface area contributed by atoms with Crippen LogP contribution >= 0.6 is 0 Å². The van der Waals surface area contributed by atoms with Crippen LogP contribution in [0.1, 0.15) is 97.2 Å². The number of hydrogen-bond donors (Lipinski definition) is 1. The van der Waals surface area contributed by atoms with Crippen LogP contribution in [0, 0.1) is 18.8 Å². The number of anilines is 1. The SMILES string of the molecule is CC.CC(c1cc2c(c(C(F)(F)F)c1)CN(c1ccccc1)C2=O)N(C)CCC1CCNC1.Cc1conc1CC1CCC1. The van der Waals surface area contributed by atoms with E-state index in [-0.39, 0.29) is 29.6 Å². The van der Waals surface area contributed by atoms with Gasteiger partial charge in [-0.2, -0.15) is 13.2 Å². The molecule has 3 heterocycles. The van der Waals surface area contributed by atoms with Crippen molar-refractivity contribution in [2.24, 2.45) is 11.8 Å². The number of alkyl halides is 3. The van der Waals surface area contributed by atoms with Gasteiger partial charge in [0.1, 0.15) is 6.26 Å². The summed E-state index contributed by atoms with van der Waals surface area (Å²) in [5.74, 6) is 1.13. The molecule has 6 rings (SSSR count). The van der Waals surface area contributed by atoms with E-state index >= 15 is 0 Å². The number of aryl methyl sites for hydroxylation is 1. The van der Waals surface area contributed by atoms with Crippen molar-refractivity contribution in [2.75, 3.05) is 31.6 Å². The summed E-state index contributed by atoms with van der Waals surface area (Å²) in [6.07, 6.45) is 4.66. The minimum atomic E-state index is -4.51. The van der Waals surface area contributed by atoms with E-state index in [2.05, 4.69) is 22.3 Å². The third kappa shape index (κ3) is 8.10. The van der Waals surface area contributed by atoms with Crippen molar-refractivity contribution in [3.05, 3.63) is 82.2 Å². The van der Waals surface area contributed by atoms with Gasteiger partial charge >= 0.3 is 6.18 Å². The Bertz CT molecular complexity index is 1350. The minimum Gasteiger partial charge on any atom is -0.364 e. The molecule has 2 aromatic carbocycles. The normalized spacial score (nSPS) is 18.7. The zero-order valence-electron chi connectivity index (χ0n) is 26.7. The Morgan fingerprint density at radius 3 is 2.41 bits per heavy atom. The number of fused-ring (bicyclic) bond motifs is 1. The monoisotopic (exact) mass is 612 g/mol. The Hall–Kier alpha value is -3.17. The first-order valence-electron chi connectivity index (χ1n) is 16.0. The lowest BCUT2D eigenvalue weighted by atomic mass is 9.82. The second-order valence-corrected chi connectivity index (χ2v) is 12.1. The number of rotatable bonds is 8. The topological polar surface area (TPSA) is 61.6 Å². The Kier molecular flexibility index (Phi) is 11.7. The molecule has 0 radical (unpaired) electrons. The van der Waals surface area contributed by atoms with E-state index in [0.29, 0.717) is 17.2 Å². The molecule has 2 aliphatic heterocycles. The molecule has 240 valence electrons. The van der Waals surface area contributed by atoms with Gasteiger partial charge in [-0.15, -0.1) is 0 Å². The van der Waals surface area contributed by atoms with Gasteiger partial charge in [-0.1, -0.05) is 56.5 Å². The molecule has 2 atom stereocenters. The molecule has 1 saturated heterocycles. The summed E-state index contributed by atoms with van der Waals surface area (Å²) in [5.41, 5.74) is 3.03. The van der Waals surface area contributed by atoms with Crippen LogP contribution in [-0.2, 0) is 19.1 Å². The number of carbonyl (C=O) groups excluding carboxylic acids is 1. The Morgan fingerprint density at radius 2 is 1.84 bits per heavy atom. The highest BCUT2D eigenvalue weighted by Gasteiger charge is 2.41. The lowest BCUT2D eigenvalue weighted by Gasteiger charge is -2.27. The van der Waals surface area contributed by atoms with Gasteiger partial charge < -0.3 is 14.7 Å². The van der Waals surface area contributed by atoms with Crippen LogP contribution in [0.3, 0.4) is 0 Å². The highest BCUT2D eigenvalue weighted by atomic mass is 19.4. The molecule has 1 amide bonds. The number of benzene rings is 2. The molecule has 9 heteroatoms. The first kappa shape index (κ1) is 33.7. The Balaban J connectivity index is 0.000000282. The molecule has 2 fully saturated rings. The van der Waals surface area contributed by atoms with E-state index in [1.165, 1.54) is 35.8 Å². The molecular formula is C35H47F3N4O2. The number of hydrogen-bond acceptors (Lipinski definition) is 5. The van der Waals surface area contributed by atoms with E-state index < -0.39 is 11.7 Å². The van der Waals surface area contributed by atoms with E-state index in [0.717, 1.165) is 50.5 Å². The smallest absolute Gasteiger partial charge is 0.364 e. The predicted octanol–water partition coefficient (Wildman–Crippen LogP) is 8.21. The van der Waals surface area contributed by atoms with Gasteiger partial charge in [0.25, 0.3) is 5.91 Å². The van der Waals surface area contributed by atoms with E-state index in [1.54, 1.807) is 36.6 Å². The first-order chi connectivity index (χ1) is 21.1. The zero-order chi connectivity index (χ0) is 31.9. The van der Waals surface area contributed by atoms with Gasteiger partial charge in [0.15, 0.2) is 0 Å². The number of para-hydroxylation sites is 1. The summed E-state index contributed by atoms with van der Waals surface area (Å²) in [7, 11) is 1.94. The lowest BCUT2D eigenvalue weighted by Crippen LogP contribution is -2.26. The van der Waals surface area contributed by atoms with Gasteiger partial charge in [-0.3, -0.25) is 9.69 Å². The van der Waals surface area contributed by atoms with Crippen LogP contribution in [-0.4, -0.2) is 42.6 Å². The first-order valence-corrected chi connectivity index (χ1v) is 16.0. The van der Waals surface area contributed by atoms with Gasteiger partial charge in [-0.25, -0.2) is 0 Å². The van der Waals surface area contributed by atoms with E-state index in [4.69, 9.17) is 4.52 Å². The summed E-state index contributed by atoms with van der Waals surface area (Å²) in [6.45, 7) is 10.7.